The van der Waals surface area contributed by atoms with Gasteiger partial charge in [0.25, 0.3) is 0 Å². The molecule has 88 valence electrons. The van der Waals surface area contributed by atoms with Gasteiger partial charge in [0.05, 0.1) is 0 Å². The van der Waals surface area contributed by atoms with E-state index in [0.29, 0.717) is 0 Å². The number of pyridine rings is 1. The van der Waals surface area contributed by atoms with E-state index in [-0.39, 0.29) is 6.04 Å². The van der Waals surface area contributed by atoms with E-state index in [1.54, 1.807) is 0 Å². The lowest BCUT2D eigenvalue weighted by molar-refractivity contribution is 0.654. The van der Waals surface area contributed by atoms with Crippen molar-refractivity contribution in [1.82, 2.24) is 4.98 Å². The van der Waals surface area contributed by atoms with E-state index in [1.807, 2.05) is 24.4 Å². The Hall–Kier alpha value is -1.67. The zero-order chi connectivity index (χ0) is 12.1. The average molecular weight is 226 g/mol. The van der Waals surface area contributed by atoms with Crippen molar-refractivity contribution >= 4 is 0 Å². The summed E-state index contributed by atoms with van der Waals surface area (Å²) in [5.74, 6) is 0. The van der Waals surface area contributed by atoms with E-state index in [1.165, 1.54) is 11.1 Å². The summed E-state index contributed by atoms with van der Waals surface area (Å²) in [6.07, 6.45) is 3.54. The molecule has 2 heteroatoms. The third kappa shape index (κ3) is 3.68. The maximum atomic E-state index is 6.15. The fourth-order valence-corrected chi connectivity index (χ4v) is 2.00. The fraction of sp³-hybridized carbons (Fsp3) is 0.267. The van der Waals surface area contributed by atoms with Crippen molar-refractivity contribution < 1.29 is 0 Å². The van der Waals surface area contributed by atoms with Crippen LogP contribution >= 0.6 is 0 Å². The van der Waals surface area contributed by atoms with Crippen molar-refractivity contribution in [3.05, 3.63) is 65.5 Å². The third-order valence-corrected chi connectivity index (χ3v) is 2.78. The first-order chi connectivity index (χ1) is 8.24. The maximum Gasteiger partial charge on any atom is 0.0419 e. The Morgan fingerprint density at radius 3 is 2.71 bits per heavy atom. The second kappa shape index (κ2) is 5.60. The van der Waals surface area contributed by atoms with E-state index in [4.69, 9.17) is 5.73 Å². The maximum absolute atomic E-state index is 6.15. The van der Waals surface area contributed by atoms with E-state index in [9.17, 15) is 0 Å². The van der Waals surface area contributed by atoms with Crippen LogP contribution in [0.4, 0.5) is 0 Å². The summed E-state index contributed by atoms with van der Waals surface area (Å²) in [6, 6.07) is 14.6. The first-order valence-corrected chi connectivity index (χ1v) is 5.95. The Balaban J connectivity index is 1.96. The predicted molar refractivity (Wildman–Crippen MR) is 70.8 cm³/mol. The van der Waals surface area contributed by atoms with Crippen molar-refractivity contribution in [3.8, 4) is 0 Å². The summed E-state index contributed by atoms with van der Waals surface area (Å²) in [4.78, 5) is 4.30. The van der Waals surface area contributed by atoms with Crippen molar-refractivity contribution in [2.24, 2.45) is 5.73 Å². The Bertz CT molecular complexity index is 465. The monoisotopic (exact) mass is 226 g/mol. The SMILES string of the molecule is Cc1cccc(CC(N)Cc2ccccn2)c1. The molecule has 0 amide bonds. The standard InChI is InChI=1S/C15H18N2/c1-12-5-4-6-13(9-12)10-14(16)11-15-7-2-3-8-17-15/h2-9,14H,10-11,16H2,1H3. The van der Waals surface area contributed by atoms with Gasteiger partial charge in [0.1, 0.15) is 0 Å². The topological polar surface area (TPSA) is 38.9 Å². The normalized spacial score (nSPS) is 12.4. The Morgan fingerprint density at radius 2 is 2.00 bits per heavy atom. The second-order valence-electron chi connectivity index (χ2n) is 4.48. The van der Waals surface area contributed by atoms with Gasteiger partial charge < -0.3 is 5.73 Å². The molecule has 0 spiro atoms. The number of nitrogens with two attached hydrogens (primary N) is 1. The minimum atomic E-state index is 0.131. The Kier molecular flexibility index (Phi) is 3.89. The first kappa shape index (κ1) is 11.8. The third-order valence-electron chi connectivity index (χ3n) is 2.78. The molecule has 1 heterocycles. The summed E-state index contributed by atoms with van der Waals surface area (Å²) >= 11 is 0. The highest BCUT2D eigenvalue weighted by Gasteiger charge is 2.06. The molecule has 0 saturated carbocycles. The van der Waals surface area contributed by atoms with Gasteiger partial charge >= 0.3 is 0 Å². The van der Waals surface area contributed by atoms with Gasteiger partial charge in [0.15, 0.2) is 0 Å². The van der Waals surface area contributed by atoms with Crippen LogP contribution in [0.2, 0.25) is 0 Å². The predicted octanol–water partition coefficient (Wildman–Crippen LogP) is 2.50. The number of nitrogens with zero attached hydrogens (tertiary/aromatic N) is 1. The molecule has 0 aliphatic heterocycles. The van der Waals surface area contributed by atoms with Gasteiger partial charge in [-0.1, -0.05) is 35.9 Å². The van der Waals surface area contributed by atoms with Gasteiger partial charge in [-0.3, -0.25) is 4.98 Å². The molecule has 2 N–H and O–H groups in total. The zero-order valence-electron chi connectivity index (χ0n) is 10.1. The van der Waals surface area contributed by atoms with Gasteiger partial charge in [-0.05, 0) is 31.0 Å². The van der Waals surface area contributed by atoms with Crippen molar-refractivity contribution in [2.75, 3.05) is 0 Å². The molecule has 1 unspecified atom stereocenters. The number of aryl methyl sites for hydroxylation is 1. The minimum Gasteiger partial charge on any atom is -0.327 e. The molecule has 1 aromatic carbocycles. The lowest BCUT2D eigenvalue weighted by Crippen LogP contribution is -2.25. The largest absolute Gasteiger partial charge is 0.327 e. The fourth-order valence-electron chi connectivity index (χ4n) is 2.00. The number of hydrogen-bond donors (Lipinski definition) is 1. The van der Waals surface area contributed by atoms with E-state index in [0.717, 1.165) is 18.5 Å². The van der Waals surface area contributed by atoms with Crippen LogP contribution < -0.4 is 5.73 Å². The zero-order valence-corrected chi connectivity index (χ0v) is 10.1. The van der Waals surface area contributed by atoms with E-state index < -0.39 is 0 Å². The first-order valence-electron chi connectivity index (χ1n) is 5.95. The quantitative estimate of drug-likeness (QED) is 0.870. The molecule has 0 bridgehead atoms. The lowest BCUT2D eigenvalue weighted by atomic mass is 10.0. The van der Waals surface area contributed by atoms with Crippen LogP contribution in [0.1, 0.15) is 16.8 Å². The summed E-state index contributed by atoms with van der Waals surface area (Å²) < 4.78 is 0. The van der Waals surface area contributed by atoms with Crippen LogP contribution in [0, 0.1) is 6.92 Å². The highest BCUT2D eigenvalue weighted by molar-refractivity contribution is 5.23. The van der Waals surface area contributed by atoms with Gasteiger partial charge in [-0.25, -0.2) is 0 Å². The molecule has 0 fully saturated rings. The second-order valence-corrected chi connectivity index (χ2v) is 4.48. The van der Waals surface area contributed by atoms with E-state index >= 15 is 0 Å². The number of benzene rings is 1. The highest BCUT2D eigenvalue weighted by Crippen LogP contribution is 2.08. The molecule has 0 aliphatic rings. The lowest BCUT2D eigenvalue weighted by Gasteiger charge is -2.11. The van der Waals surface area contributed by atoms with Crippen molar-refractivity contribution in [3.63, 3.8) is 0 Å². The Morgan fingerprint density at radius 1 is 1.12 bits per heavy atom. The molecule has 0 aliphatic carbocycles. The molecular formula is C15H18N2. The molecular weight excluding hydrogens is 208 g/mol. The summed E-state index contributed by atoms with van der Waals surface area (Å²) in [6.45, 7) is 2.10. The molecule has 1 atom stereocenters. The van der Waals surface area contributed by atoms with Crippen LogP contribution in [-0.4, -0.2) is 11.0 Å². The summed E-state index contributed by atoms with van der Waals surface area (Å²) in [5, 5.41) is 0. The van der Waals surface area contributed by atoms with Crippen LogP contribution in [0.3, 0.4) is 0 Å². The van der Waals surface area contributed by atoms with Crippen molar-refractivity contribution in [1.29, 1.82) is 0 Å². The minimum absolute atomic E-state index is 0.131. The summed E-state index contributed by atoms with van der Waals surface area (Å²) in [5.41, 5.74) is 9.79. The van der Waals surface area contributed by atoms with E-state index in [2.05, 4.69) is 36.2 Å². The number of hydrogen-bond acceptors (Lipinski definition) is 2. The van der Waals surface area contributed by atoms with Gasteiger partial charge in [0, 0.05) is 24.4 Å². The van der Waals surface area contributed by atoms with Crippen LogP contribution in [-0.2, 0) is 12.8 Å². The number of aromatic nitrogens is 1. The molecule has 2 nitrogen and oxygen atoms in total. The van der Waals surface area contributed by atoms with Crippen LogP contribution in [0.15, 0.2) is 48.7 Å². The smallest absolute Gasteiger partial charge is 0.0419 e. The number of rotatable bonds is 4. The molecule has 2 rings (SSSR count). The molecule has 2 aromatic rings. The van der Waals surface area contributed by atoms with Gasteiger partial charge in [-0.15, -0.1) is 0 Å². The molecule has 0 saturated heterocycles. The molecule has 1 aromatic heterocycles. The van der Waals surface area contributed by atoms with Crippen LogP contribution in [0.5, 0.6) is 0 Å². The average Bonchev–Trinajstić information content (AvgIpc) is 2.30. The molecule has 0 radical (unpaired) electrons. The van der Waals surface area contributed by atoms with Gasteiger partial charge in [-0.2, -0.15) is 0 Å². The van der Waals surface area contributed by atoms with Crippen molar-refractivity contribution in [2.45, 2.75) is 25.8 Å². The Labute approximate surface area is 103 Å². The molecule has 17 heavy (non-hydrogen) atoms. The highest BCUT2D eigenvalue weighted by atomic mass is 14.7. The van der Waals surface area contributed by atoms with Crippen LogP contribution in [0.25, 0.3) is 0 Å². The summed E-state index contributed by atoms with van der Waals surface area (Å²) in [7, 11) is 0. The van der Waals surface area contributed by atoms with Gasteiger partial charge in [0.2, 0.25) is 0 Å².